The summed E-state index contributed by atoms with van der Waals surface area (Å²) in [6.07, 6.45) is 0. The van der Waals surface area contributed by atoms with E-state index in [9.17, 15) is 9.90 Å². The molecule has 0 fully saturated rings. The average Bonchev–Trinajstić information content (AvgIpc) is 2.68. The van der Waals surface area contributed by atoms with E-state index < -0.39 is 5.97 Å². The molecule has 82 valence electrons. The number of benzene rings is 1. The number of nitrogen functional groups attached to an aromatic ring is 1. The Labute approximate surface area is 95.3 Å². The molecule has 0 amide bonds. The van der Waals surface area contributed by atoms with Crippen molar-refractivity contribution in [2.75, 3.05) is 5.73 Å². The number of aromatic nitrogens is 1. The Morgan fingerprint density at radius 3 is 2.81 bits per heavy atom. The third kappa shape index (κ3) is 2.12. The molecule has 0 aliphatic rings. The highest BCUT2D eigenvalue weighted by molar-refractivity contribution is 7.10. The molecule has 0 saturated heterocycles. The highest BCUT2D eigenvalue weighted by atomic mass is 32.1. The molecule has 16 heavy (non-hydrogen) atoms. The van der Waals surface area contributed by atoms with Crippen molar-refractivity contribution >= 4 is 22.5 Å². The summed E-state index contributed by atoms with van der Waals surface area (Å²) in [6.45, 7) is 0. The predicted octanol–water partition coefficient (Wildman–Crippen LogP) is 1.65. The molecule has 0 aliphatic carbocycles. The first-order valence-electron chi connectivity index (χ1n) is 4.39. The lowest BCUT2D eigenvalue weighted by molar-refractivity contribution is 0.0725. The van der Waals surface area contributed by atoms with Gasteiger partial charge in [0.05, 0.1) is 0 Å². The van der Waals surface area contributed by atoms with Crippen molar-refractivity contribution in [2.45, 2.75) is 0 Å². The summed E-state index contributed by atoms with van der Waals surface area (Å²) in [5.74, 6) is -0.646. The second kappa shape index (κ2) is 4.19. The van der Waals surface area contributed by atoms with Crippen LogP contribution in [0.3, 0.4) is 0 Å². The average molecular weight is 236 g/mol. The molecule has 0 bridgehead atoms. The number of hydrogen-bond donors (Lipinski definition) is 2. The third-order valence-corrected chi connectivity index (χ3v) is 2.42. The van der Waals surface area contributed by atoms with Gasteiger partial charge in [0, 0.05) is 6.07 Å². The van der Waals surface area contributed by atoms with Gasteiger partial charge in [-0.25, -0.2) is 4.79 Å². The van der Waals surface area contributed by atoms with E-state index in [0.717, 1.165) is 11.5 Å². The molecule has 1 aromatic heterocycles. The fourth-order valence-corrected chi connectivity index (χ4v) is 1.58. The van der Waals surface area contributed by atoms with Gasteiger partial charge in [-0.1, -0.05) is 12.1 Å². The van der Waals surface area contributed by atoms with Gasteiger partial charge in [-0.15, -0.1) is 0 Å². The van der Waals surface area contributed by atoms with Crippen molar-refractivity contribution in [3.63, 3.8) is 0 Å². The van der Waals surface area contributed by atoms with Gasteiger partial charge in [-0.3, -0.25) is 0 Å². The van der Waals surface area contributed by atoms with Crippen LogP contribution in [0.15, 0.2) is 30.3 Å². The molecule has 2 rings (SSSR count). The fourth-order valence-electron chi connectivity index (χ4n) is 1.08. The van der Waals surface area contributed by atoms with Crippen LogP contribution < -0.4 is 10.5 Å². The minimum absolute atomic E-state index is 0.0964. The van der Waals surface area contributed by atoms with Gasteiger partial charge >= 0.3 is 5.97 Å². The van der Waals surface area contributed by atoms with E-state index in [1.165, 1.54) is 18.2 Å². The Morgan fingerprint density at radius 1 is 1.44 bits per heavy atom. The Balaban J connectivity index is 2.17. The maximum atomic E-state index is 11.5. The zero-order valence-electron chi connectivity index (χ0n) is 8.08. The van der Waals surface area contributed by atoms with Crippen LogP contribution in [0.5, 0.6) is 11.5 Å². The van der Waals surface area contributed by atoms with Crippen LogP contribution in [0.4, 0.5) is 5.00 Å². The summed E-state index contributed by atoms with van der Waals surface area (Å²) in [4.78, 5) is 11.5. The summed E-state index contributed by atoms with van der Waals surface area (Å²) >= 11 is 1.01. The molecular weight excluding hydrogens is 228 g/mol. The van der Waals surface area contributed by atoms with E-state index in [2.05, 4.69) is 4.37 Å². The van der Waals surface area contributed by atoms with Crippen LogP contribution in [0.1, 0.15) is 10.5 Å². The van der Waals surface area contributed by atoms with Crippen molar-refractivity contribution in [2.24, 2.45) is 0 Å². The molecule has 0 spiro atoms. The molecule has 1 aromatic carbocycles. The topological polar surface area (TPSA) is 85.4 Å². The zero-order chi connectivity index (χ0) is 11.5. The van der Waals surface area contributed by atoms with Crippen LogP contribution in [-0.4, -0.2) is 15.4 Å². The number of nitrogens with zero attached hydrogens (tertiary/aromatic N) is 1. The lowest BCUT2D eigenvalue weighted by atomic mass is 10.3. The van der Waals surface area contributed by atoms with E-state index in [4.69, 9.17) is 10.5 Å². The number of phenolic OH excluding ortho intramolecular Hbond substituents is 1. The van der Waals surface area contributed by atoms with Crippen molar-refractivity contribution < 1.29 is 14.6 Å². The standard InChI is InChI=1S/C10H8N2O3S/c11-9-5-6(12-16-9)10(14)15-8-4-2-1-3-7(8)13/h1-5,13H,11H2. The number of ether oxygens (including phenoxy) is 1. The molecular formula is C10H8N2O3S. The van der Waals surface area contributed by atoms with Gasteiger partial charge in [-0.05, 0) is 23.7 Å². The molecule has 0 unspecified atom stereocenters. The molecule has 0 atom stereocenters. The number of esters is 1. The molecule has 0 saturated carbocycles. The van der Waals surface area contributed by atoms with Crippen LogP contribution in [0.2, 0.25) is 0 Å². The Bertz CT molecular complexity index is 524. The first kappa shape index (κ1) is 10.4. The quantitative estimate of drug-likeness (QED) is 0.611. The third-order valence-electron chi connectivity index (χ3n) is 1.81. The normalized spacial score (nSPS) is 10.0. The van der Waals surface area contributed by atoms with Crippen molar-refractivity contribution in [3.8, 4) is 11.5 Å². The number of nitrogens with two attached hydrogens (primary N) is 1. The number of para-hydroxylation sites is 2. The number of carbonyl (C=O) groups is 1. The lowest BCUT2D eigenvalue weighted by Gasteiger charge is -2.03. The molecule has 0 aliphatic heterocycles. The minimum Gasteiger partial charge on any atom is -0.504 e. The van der Waals surface area contributed by atoms with Crippen molar-refractivity contribution in [1.82, 2.24) is 4.37 Å². The number of phenols is 1. The van der Waals surface area contributed by atoms with Gasteiger partial charge < -0.3 is 15.6 Å². The van der Waals surface area contributed by atoms with E-state index in [1.54, 1.807) is 12.1 Å². The van der Waals surface area contributed by atoms with Gasteiger partial charge in [0.15, 0.2) is 17.2 Å². The SMILES string of the molecule is Nc1cc(C(=O)Oc2ccccc2O)ns1. The summed E-state index contributed by atoms with van der Waals surface area (Å²) in [5.41, 5.74) is 5.57. The van der Waals surface area contributed by atoms with Gasteiger partial charge in [0.1, 0.15) is 5.00 Å². The second-order valence-corrected chi connectivity index (χ2v) is 3.81. The molecule has 2 aromatic rings. The summed E-state index contributed by atoms with van der Waals surface area (Å²) in [7, 11) is 0. The summed E-state index contributed by atoms with van der Waals surface area (Å²) in [6, 6.07) is 7.62. The monoisotopic (exact) mass is 236 g/mol. The first-order chi connectivity index (χ1) is 7.66. The van der Waals surface area contributed by atoms with Crippen LogP contribution in [0, 0.1) is 0 Å². The van der Waals surface area contributed by atoms with Gasteiger partial charge in [0.2, 0.25) is 0 Å². The minimum atomic E-state index is -0.644. The van der Waals surface area contributed by atoms with E-state index in [-0.39, 0.29) is 17.2 Å². The number of hydrogen-bond acceptors (Lipinski definition) is 6. The fraction of sp³-hybridized carbons (Fsp3) is 0. The van der Waals surface area contributed by atoms with Gasteiger partial charge in [0.25, 0.3) is 0 Å². The van der Waals surface area contributed by atoms with Crippen molar-refractivity contribution in [3.05, 3.63) is 36.0 Å². The number of anilines is 1. The highest BCUT2D eigenvalue weighted by Crippen LogP contribution is 2.25. The molecule has 6 heteroatoms. The predicted molar refractivity (Wildman–Crippen MR) is 59.6 cm³/mol. The Hall–Kier alpha value is -2.08. The smallest absolute Gasteiger partial charge is 0.363 e. The molecule has 5 nitrogen and oxygen atoms in total. The van der Waals surface area contributed by atoms with E-state index in [0.29, 0.717) is 5.00 Å². The number of rotatable bonds is 2. The Kier molecular flexibility index (Phi) is 2.74. The second-order valence-electron chi connectivity index (χ2n) is 2.97. The van der Waals surface area contributed by atoms with Crippen LogP contribution in [-0.2, 0) is 0 Å². The van der Waals surface area contributed by atoms with E-state index in [1.807, 2.05) is 0 Å². The highest BCUT2D eigenvalue weighted by Gasteiger charge is 2.14. The van der Waals surface area contributed by atoms with Crippen molar-refractivity contribution in [1.29, 1.82) is 0 Å². The molecule has 1 heterocycles. The maximum Gasteiger partial charge on any atom is 0.363 e. The summed E-state index contributed by atoms with van der Waals surface area (Å²) < 4.78 is 8.75. The van der Waals surface area contributed by atoms with E-state index >= 15 is 0 Å². The largest absolute Gasteiger partial charge is 0.504 e. The summed E-state index contributed by atoms with van der Waals surface area (Å²) in [5, 5.41) is 9.83. The Morgan fingerprint density at radius 2 is 2.19 bits per heavy atom. The maximum absolute atomic E-state index is 11.5. The zero-order valence-corrected chi connectivity index (χ0v) is 8.90. The molecule has 0 radical (unpaired) electrons. The lowest BCUT2D eigenvalue weighted by Crippen LogP contribution is -2.08. The number of aromatic hydroxyl groups is 1. The van der Waals surface area contributed by atoms with Crippen LogP contribution in [0.25, 0.3) is 0 Å². The first-order valence-corrected chi connectivity index (χ1v) is 5.16. The van der Waals surface area contributed by atoms with Gasteiger partial charge in [-0.2, -0.15) is 4.37 Å². The molecule has 3 N–H and O–H groups in total. The van der Waals surface area contributed by atoms with Crippen LogP contribution >= 0.6 is 11.5 Å². The number of carbonyl (C=O) groups excluding carboxylic acids is 1.